The lowest BCUT2D eigenvalue weighted by Crippen LogP contribution is -2.19. The molecule has 96 valence electrons. The lowest BCUT2D eigenvalue weighted by molar-refractivity contribution is 0.219. The second kappa shape index (κ2) is 4.52. The van der Waals surface area contributed by atoms with Crippen molar-refractivity contribution < 1.29 is 5.11 Å². The van der Waals surface area contributed by atoms with Crippen LogP contribution in [0, 0.1) is 16.7 Å². The van der Waals surface area contributed by atoms with Gasteiger partial charge in [-0.25, -0.2) is 4.98 Å². The summed E-state index contributed by atoms with van der Waals surface area (Å²) < 4.78 is 0. The van der Waals surface area contributed by atoms with Gasteiger partial charge in [-0.1, -0.05) is 18.2 Å². The van der Waals surface area contributed by atoms with Gasteiger partial charge >= 0.3 is 0 Å². The minimum absolute atomic E-state index is 0.0279. The highest BCUT2D eigenvalue weighted by atomic mass is 16.3. The number of hydrogen-bond acceptors (Lipinski definition) is 4. The molecule has 4 heteroatoms. The molecule has 0 amide bonds. The number of aromatic nitrogens is 1. The molecule has 2 aromatic rings. The van der Waals surface area contributed by atoms with Crippen LogP contribution >= 0.6 is 0 Å². The summed E-state index contributed by atoms with van der Waals surface area (Å²) in [4.78, 5) is 4.51. The zero-order valence-electron chi connectivity index (χ0n) is 10.6. The summed E-state index contributed by atoms with van der Waals surface area (Å²) >= 11 is 0. The Morgan fingerprint density at radius 2 is 2.16 bits per heavy atom. The molecule has 1 saturated carbocycles. The summed E-state index contributed by atoms with van der Waals surface area (Å²) in [5.41, 5.74) is 1.47. The van der Waals surface area contributed by atoms with E-state index in [4.69, 9.17) is 0 Å². The predicted molar refractivity (Wildman–Crippen MR) is 73.7 cm³/mol. The van der Waals surface area contributed by atoms with Crippen molar-refractivity contribution in [2.45, 2.75) is 12.8 Å². The fourth-order valence-electron chi connectivity index (χ4n) is 2.20. The van der Waals surface area contributed by atoms with Crippen molar-refractivity contribution in [2.75, 3.05) is 18.5 Å². The van der Waals surface area contributed by atoms with Crippen LogP contribution in [0.1, 0.15) is 18.4 Å². The number of nitrogens with zero attached hydrogens (tertiary/aromatic N) is 2. The molecule has 19 heavy (non-hydrogen) atoms. The summed E-state index contributed by atoms with van der Waals surface area (Å²) in [5.74, 6) is 0.704. The number of fused-ring (bicyclic) bond motifs is 1. The minimum Gasteiger partial charge on any atom is -0.396 e. The highest BCUT2D eigenvalue weighted by Crippen LogP contribution is 2.44. The summed E-state index contributed by atoms with van der Waals surface area (Å²) in [6.45, 7) is 0.915. The number of nitrogens with one attached hydrogen (secondary N) is 1. The number of pyridine rings is 1. The number of anilines is 1. The Labute approximate surface area is 111 Å². The van der Waals surface area contributed by atoms with Gasteiger partial charge < -0.3 is 10.4 Å². The van der Waals surface area contributed by atoms with Gasteiger partial charge in [-0.2, -0.15) is 5.26 Å². The first kappa shape index (κ1) is 11.9. The third kappa shape index (κ3) is 2.25. The largest absolute Gasteiger partial charge is 0.396 e. The van der Waals surface area contributed by atoms with Crippen LogP contribution in [0.3, 0.4) is 0 Å². The van der Waals surface area contributed by atoms with Gasteiger partial charge in [0.1, 0.15) is 5.82 Å². The Hall–Kier alpha value is -2.12. The van der Waals surface area contributed by atoms with Crippen molar-refractivity contribution in [1.29, 1.82) is 5.26 Å². The lowest BCUT2D eigenvalue weighted by Gasteiger charge is -2.14. The maximum atomic E-state index is 9.29. The average Bonchev–Trinajstić information content (AvgIpc) is 3.25. The Morgan fingerprint density at radius 1 is 1.37 bits per heavy atom. The van der Waals surface area contributed by atoms with Crippen LogP contribution < -0.4 is 5.32 Å². The monoisotopic (exact) mass is 253 g/mol. The highest BCUT2D eigenvalue weighted by Gasteiger charge is 2.41. The molecule has 4 nitrogen and oxygen atoms in total. The summed E-state index contributed by atoms with van der Waals surface area (Å²) in [6, 6.07) is 11.6. The number of benzene rings is 1. The second-order valence-electron chi connectivity index (χ2n) is 5.20. The van der Waals surface area contributed by atoms with E-state index in [1.807, 2.05) is 24.3 Å². The third-order valence-electron chi connectivity index (χ3n) is 3.77. The Kier molecular flexibility index (Phi) is 2.84. The third-order valence-corrected chi connectivity index (χ3v) is 3.77. The Balaban J connectivity index is 1.90. The van der Waals surface area contributed by atoms with E-state index in [1.165, 1.54) is 0 Å². The van der Waals surface area contributed by atoms with Crippen molar-refractivity contribution in [3.05, 3.63) is 35.9 Å². The molecule has 0 saturated heterocycles. The van der Waals surface area contributed by atoms with Crippen molar-refractivity contribution in [3.63, 3.8) is 0 Å². The first-order chi connectivity index (χ1) is 9.26. The number of aliphatic hydroxyl groups is 1. The van der Waals surface area contributed by atoms with Gasteiger partial charge in [0.15, 0.2) is 0 Å². The average molecular weight is 253 g/mol. The number of hydrogen-bond donors (Lipinski definition) is 2. The molecule has 0 spiro atoms. The van der Waals surface area contributed by atoms with Gasteiger partial charge in [0.25, 0.3) is 0 Å². The smallest absolute Gasteiger partial charge is 0.128 e. The van der Waals surface area contributed by atoms with Crippen LogP contribution in [0.15, 0.2) is 30.3 Å². The van der Waals surface area contributed by atoms with Gasteiger partial charge in [0.2, 0.25) is 0 Å². The van der Waals surface area contributed by atoms with Crippen LogP contribution in [0.2, 0.25) is 0 Å². The van der Waals surface area contributed by atoms with E-state index in [0.717, 1.165) is 23.7 Å². The molecule has 1 aliphatic rings. The summed E-state index contributed by atoms with van der Waals surface area (Å²) in [6.07, 6.45) is 2.10. The maximum absolute atomic E-state index is 9.29. The molecule has 1 aromatic carbocycles. The number of para-hydroxylation sites is 1. The Bertz CT molecular complexity index is 656. The molecule has 0 atom stereocenters. The summed E-state index contributed by atoms with van der Waals surface area (Å²) in [7, 11) is 0. The molecule has 0 bridgehead atoms. The van der Waals surface area contributed by atoms with Crippen LogP contribution in [-0.2, 0) is 0 Å². The molecule has 1 aliphatic carbocycles. The van der Waals surface area contributed by atoms with Crippen molar-refractivity contribution in [2.24, 2.45) is 5.41 Å². The zero-order valence-corrected chi connectivity index (χ0v) is 10.6. The van der Waals surface area contributed by atoms with E-state index in [0.29, 0.717) is 17.9 Å². The molecule has 0 radical (unpaired) electrons. The Morgan fingerprint density at radius 3 is 2.84 bits per heavy atom. The molecule has 0 aliphatic heterocycles. The van der Waals surface area contributed by atoms with Gasteiger partial charge in [-0.15, -0.1) is 0 Å². The predicted octanol–water partition coefficient (Wildman–Crippen LogP) is 2.29. The lowest BCUT2D eigenvalue weighted by atomic mass is 10.1. The SMILES string of the molecule is N#Cc1cc(NCC2(CO)CC2)nc2ccccc12. The molecular weight excluding hydrogens is 238 g/mol. The molecular formula is C15H15N3O. The summed E-state index contributed by atoms with van der Waals surface area (Å²) in [5, 5.41) is 22.6. The van der Waals surface area contributed by atoms with E-state index in [2.05, 4.69) is 16.4 Å². The molecule has 1 aromatic heterocycles. The molecule has 2 N–H and O–H groups in total. The van der Waals surface area contributed by atoms with Crippen molar-refractivity contribution >= 4 is 16.7 Å². The van der Waals surface area contributed by atoms with Crippen LogP contribution in [0.4, 0.5) is 5.82 Å². The van der Waals surface area contributed by atoms with Gasteiger partial charge in [0.05, 0.1) is 23.8 Å². The van der Waals surface area contributed by atoms with E-state index in [1.54, 1.807) is 6.07 Å². The van der Waals surface area contributed by atoms with Crippen molar-refractivity contribution in [1.82, 2.24) is 4.98 Å². The number of nitriles is 1. The maximum Gasteiger partial charge on any atom is 0.128 e. The quantitative estimate of drug-likeness (QED) is 0.877. The van der Waals surface area contributed by atoms with Crippen LogP contribution in [0.25, 0.3) is 10.9 Å². The first-order valence-electron chi connectivity index (χ1n) is 6.41. The van der Waals surface area contributed by atoms with Crippen molar-refractivity contribution in [3.8, 4) is 6.07 Å². The molecule has 1 fully saturated rings. The van der Waals surface area contributed by atoms with Crippen LogP contribution in [0.5, 0.6) is 0 Å². The normalized spacial score (nSPS) is 16.0. The van der Waals surface area contributed by atoms with E-state index in [-0.39, 0.29) is 12.0 Å². The van der Waals surface area contributed by atoms with Gasteiger partial charge in [-0.05, 0) is 25.0 Å². The molecule has 1 heterocycles. The number of rotatable bonds is 4. The van der Waals surface area contributed by atoms with Gasteiger partial charge in [-0.3, -0.25) is 0 Å². The van der Waals surface area contributed by atoms with Crippen LogP contribution in [-0.4, -0.2) is 23.2 Å². The zero-order chi connectivity index (χ0) is 13.3. The van der Waals surface area contributed by atoms with Gasteiger partial charge in [0, 0.05) is 17.3 Å². The van der Waals surface area contributed by atoms with E-state index in [9.17, 15) is 10.4 Å². The standard InChI is InChI=1S/C15H15N3O/c16-8-11-7-14(17-9-15(10-19)5-6-15)18-13-4-2-1-3-12(11)13/h1-4,7,19H,5-6,9-10H2,(H,17,18). The highest BCUT2D eigenvalue weighted by molar-refractivity contribution is 5.86. The fraction of sp³-hybridized carbons (Fsp3) is 0.333. The minimum atomic E-state index is 0.0279. The molecule has 0 unspecified atom stereocenters. The molecule has 3 rings (SSSR count). The second-order valence-corrected chi connectivity index (χ2v) is 5.20. The first-order valence-corrected chi connectivity index (χ1v) is 6.41. The fourth-order valence-corrected chi connectivity index (χ4v) is 2.20. The van der Waals surface area contributed by atoms with E-state index < -0.39 is 0 Å². The van der Waals surface area contributed by atoms with E-state index >= 15 is 0 Å². The topological polar surface area (TPSA) is 68.9 Å². The number of aliphatic hydroxyl groups excluding tert-OH is 1.